The first kappa shape index (κ1) is 22.7. The second-order valence-electron chi connectivity index (χ2n) is 10.3. The molecule has 3 aromatic heterocycles. The van der Waals surface area contributed by atoms with Crippen molar-refractivity contribution in [2.45, 2.75) is 57.7 Å². The molecule has 0 amide bonds. The van der Waals surface area contributed by atoms with E-state index in [4.69, 9.17) is 4.99 Å². The van der Waals surface area contributed by atoms with Crippen LogP contribution in [0, 0.1) is 12.8 Å². The molecular weight excluding hydrogens is 450 g/mol. The van der Waals surface area contributed by atoms with E-state index in [1.165, 1.54) is 0 Å². The molecule has 1 aromatic carbocycles. The van der Waals surface area contributed by atoms with Gasteiger partial charge in [0.05, 0.1) is 24.4 Å². The average molecular weight is 480 g/mol. The fourth-order valence-corrected chi connectivity index (χ4v) is 5.74. The van der Waals surface area contributed by atoms with Crippen molar-refractivity contribution in [1.82, 2.24) is 19.7 Å². The molecule has 0 bridgehead atoms. The number of aliphatic imine (C=N–C) groups is 1. The van der Waals surface area contributed by atoms with Gasteiger partial charge in [-0.25, -0.2) is 4.98 Å². The maximum absolute atomic E-state index is 13.3. The van der Waals surface area contributed by atoms with Crippen LogP contribution < -0.4 is 0 Å². The maximum Gasteiger partial charge on any atom is 0.181 e. The number of pyridine rings is 2. The number of fused-ring (bicyclic) bond motifs is 2. The molecular formula is C29H29N5O2. The van der Waals surface area contributed by atoms with Gasteiger partial charge in [0.1, 0.15) is 0 Å². The van der Waals surface area contributed by atoms with Gasteiger partial charge in [-0.2, -0.15) is 5.10 Å². The second kappa shape index (κ2) is 9.06. The van der Waals surface area contributed by atoms with E-state index >= 15 is 0 Å². The van der Waals surface area contributed by atoms with E-state index in [0.29, 0.717) is 43.6 Å². The summed E-state index contributed by atoms with van der Waals surface area (Å²) in [6, 6.07) is 13.8. The van der Waals surface area contributed by atoms with E-state index in [1.807, 2.05) is 55.6 Å². The van der Waals surface area contributed by atoms with Crippen molar-refractivity contribution in [3.8, 4) is 0 Å². The molecule has 2 atom stereocenters. The van der Waals surface area contributed by atoms with Crippen LogP contribution in [-0.2, 0) is 13.1 Å². The first-order valence-corrected chi connectivity index (χ1v) is 12.6. The van der Waals surface area contributed by atoms with Crippen molar-refractivity contribution in [2.75, 3.05) is 0 Å². The average Bonchev–Trinajstić information content (AvgIpc) is 3.46. The molecule has 4 aromatic rings. The van der Waals surface area contributed by atoms with E-state index in [9.17, 15) is 9.90 Å². The topological polar surface area (TPSA) is 93.3 Å². The Labute approximate surface area is 209 Å². The van der Waals surface area contributed by atoms with Crippen molar-refractivity contribution in [3.63, 3.8) is 0 Å². The molecule has 7 heteroatoms. The number of nitrogens with zero attached hydrogens (tertiary/aromatic N) is 5. The number of benzene rings is 1. The lowest BCUT2D eigenvalue weighted by atomic mass is 9.75. The van der Waals surface area contributed by atoms with Crippen molar-refractivity contribution in [2.24, 2.45) is 10.9 Å². The predicted octanol–water partition coefficient (Wildman–Crippen LogP) is 4.68. The summed E-state index contributed by atoms with van der Waals surface area (Å²) in [4.78, 5) is 26.7. The Morgan fingerprint density at radius 1 is 1.17 bits per heavy atom. The van der Waals surface area contributed by atoms with Crippen molar-refractivity contribution in [1.29, 1.82) is 0 Å². The highest BCUT2D eigenvalue weighted by molar-refractivity contribution is 6.16. The molecule has 7 nitrogen and oxygen atoms in total. The van der Waals surface area contributed by atoms with Crippen LogP contribution in [0.25, 0.3) is 11.0 Å². The molecule has 1 N–H and O–H groups in total. The Hall–Kier alpha value is -3.71. The van der Waals surface area contributed by atoms with Gasteiger partial charge in [-0.05, 0) is 68.0 Å². The lowest BCUT2D eigenvalue weighted by molar-refractivity contribution is -0.0325. The van der Waals surface area contributed by atoms with Crippen molar-refractivity contribution < 1.29 is 9.90 Å². The molecule has 0 spiro atoms. The smallest absolute Gasteiger partial charge is 0.181 e. The molecule has 182 valence electrons. The summed E-state index contributed by atoms with van der Waals surface area (Å²) in [5, 5.41) is 16.9. The molecule has 0 unspecified atom stereocenters. The molecule has 36 heavy (non-hydrogen) atoms. The van der Waals surface area contributed by atoms with Crippen LogP contribution in [0.3, 0.4) is 0 Å². The van der Waals surface area contributed by atoms with Gasteiger partial charge in [-0.15, -0.1) is 0 Å². The number of aryl methyl sites for hydroxylation is 1. The number of carbonyl (C=O) groups is 1. The SMILES string of the molecule is Cc1cc(C2=NCc3ccc(C(=O)C[C@@H]4CCC[C@@](O)(Cn5cc6cccnc6n5)C4)cc32)ccn1. The largest absolute Gasteiger partial charge is 0.388 e. The number of hydrogen-bond acceptors (Lipinski definition) is 6. The van der Waals surface area contributed by atoms with E-state index in [1.54, 1.807) is 17.1 Å². The summed E-state index contributed by atoms with van der Waals surface area (Å²) >= 11 is 0. The number of ketones is 1. The second-order valence-corrected chi connectivity index (χ2v) is 10.3. The van der Waals surface area contributed by atoms with Crippen LogP contribution in [0.5, 0.6) is 0 Å². The Kier molecular flexibility index (Phi) is 5.72. The monoisotopic (exact) mass is 479 g/mol. The summed E-state index contributed by atoms with van der Waals surface area (Å²) in [7, 11) is 0. The summed E-state index contributed by atoms with van der Waals surface area (Å²) < 4.78 is 1.80. The minimum atomic E-state index is -0.873. The molecule has 2 aliphatic rings. The van der Waals surface area contributed by atoms with Gasteiger partial charge in [-0.1, -0.05) is 18.6 Å². The van der Waals surface area contributed by atoms with Gasteiger partial charge >= 0.3 is 0 Å². The minimum Gasteiger partial charge on any atom is -0.388 e. The number of aromatic nitrogens is 4. The number of aliphatic hydroxyl groups is 1. The van der Waals surface area contributed by atoms with Gasteiger partial charge in [-0.3, -0.25) is 19.5 Å². The Bertz CT molecular complexity index is 1460. The third-order valence-electron chi connectivity index (χ3n) is 7.45. The zero-order chi connectivity index (χ0) is 24.7. The molecule has 0 saturated heterocycles. The molecule has 1 aliphatic heterocycles. The fourth-order valence-electron chi connectivity index (χ4n) is 5.74. The number of rotatable bonds is 6. The van der Waals surface area contributed by atoms with Gasteiger partial charge < -0.3 is 5.11 Å². The van der Waals surface area contributed by atoms with Crippen molar-refractivity contribution >= 4 is 22.5 Å². The number of Topliss-reactive ketones (excluding diaryl/α,β-unsaturated/α-hetero) is 1. The minimum absolute atomic E-state index is 0.123. The van der Waals surface area contributed by atoms with E-state index in [0.717, 1.165) is 46.3 Å². The Morgan fingerprint density at radius 2 is 2.08 bits per heavy atom. The van der Waals surface area contributed by atoms with Crippen LogP contribution in [-0.4, -0.2) is 42.0 Å². The van der Waals surface area contributed by atoms with Gasteiger partial charge in [0.2, 0.25) is 0 Å². The van der Waals surface area contributed by atoms with Gasteiger partial charge in [0.25, 0.3) is 0 Å². The van der Waals surface area contributed by atoms with Gasteiger partial charge in [0, 0.05) is 52.8 Å². The molecule has 1 fully saturated rings. The quantitative estimate of drug-likeness (QED) is 0.405. The fraction of sp³-hybridized carbons (Fsp3) is 0.345. The van der Waals surface area contributed by atoms with Crippen LogP contribution in [0.4, 0.5) is 0 Å². The van der Waals surface area contributed by atoms with Crippen LogP contribution in [0.1, 0.15) is 64.8 Å². The number of hydrogen-bond donors (Lipinski definition) is 1. The van der Waals surface area contributed by atoms with Crippen molar-refractivity contribution in [3.05, 3.63) is 89.0 Å². The Morgan fingerprint density at radius 3 is 2.94 bits per heavy atom. The van der Waals surface area contributed by atoms with E-state index in [2.05, 4.69) is 15.1 Å². The molecule has 6 rings (SSSR count). The highest BCUT2D eigenvalue weighted by atomic mass is 16.3. The van der Waals surface area contributed by atoms with E-state index < -0.39 is 5.60 Å². The predicted molar refractivity (Wildman–Crippen MR) is 138 cm³/mol. The summed E-state index contributed by atoms with van der Waals surface area (Å²) in [5.41, 5.74) is 5.61. The molecule has 1 saturated carbocycles. The molecule has 0 radical (unpaired) electrons. The normalized spacial score (nSPS) is 21.4. The zero-order valence-corrected chi connectivity index (χ0v) is 20.4. The lowest BCUT2D eigenvalue weighted by Crippen LogP contribution is -2.40. The summed E-state index contributed by atoms with van der Waals surface area (Å²) in [6.45, 7) is 3.02. The number of carbonyl (C=O) groups excluding carboxylic acids is 1. The molecule has 4 heterocycles. The first-order valence-electron chi connectivity index (χ1n) is 12.6. The highest BCUT2D eigenvalue weighted by Crippen LogP contribution is 2.36. The highest BCUT2D eigenvalue weighted by Gasteiger charge is 2.36. The van der Waals surface area contributed by atoms with Crippen LogP contribution >= 0.6 is 0 Å². The van der Waals surface area contributed by atoms with Crippen LogP contribution in [0.2, 0.25) is 0 Å². The van der Waals surface area contributed by atoms with Gasteiger partial charge in [0.15, 0.2) is 11.4 Å². The first-order chi connectivity index (χ1) is 17.5. The Balaban J connectivity index is 1.16. The third kappa shape index (κ3) is 4.46. The standard InChI is InChI=1S/C29H29N5O2/c1-19-12-22(8-11-30-19)27-25-14-21(6-7-23(25)16-32-27)26(35)13-20-4-2-9-29(36,15-20)18-34-17-24-5-3-10-31-28(24)33-34/h3,5-8,10-12,14,17,20,36H,2,4,9,13,15-16,18H2,1H3/t20-,29-/m0/s1. The third-order valence-corrected chi connectivity index (χ3v) is 7.45. The zero-order valence-electron chi connectivity index (χ0n) is 20.4. The maximum atomic E-state index is 13.3. The summed E-state index contributed by atoms with van der Waals surface area (Å²) in [5.74, 6) is 0.266. The van der Waals surface area contributed by atoms with Crippen LogP contribution in [0.15, 0.2) is 66.0 Å². The lowest BCUT2D eigenvalue weighted by Gasteiger charge is -2.36. The molecule has 1 aliphatic carbocycles. The van der Waals surface area contributed by atoms with E-state index in [-0.39, 0.29) is 11.7 Å². The summed E-state index contributed by atoms with van der Waals surface area (Å²) in [6.07, 6.45) is 9.05.